The summed E-state index contributed by atoms with van der Waals surface area (Å²) in [6, 6.07) is 10.8. The number of piperazine rings is 1. The Hall–Kier alpha value is -0.860. The van der Waals surface area contributed by atoms with E-state index >= 15 is 0 Å². The molecule has 1 heterocycles. The molecule has 0 saturated carbocycles. The molecule has 1 aromatic carbocycles. The fourth-order valence-electron chi connectivity index (χ4n) is 2.12. The Morgan fingerprint density at radius 1 is 1.14 bits per heavy atom. The Labute approximate surface area is 86.1 Å². The van der Waals surface area contributed by atoms with E-state index < -0.39 is 0 Å². The summed E-state index contributed by atoms with van der Waals surface area (Å²) in [5, 5.41) is 3.41. The van der Waals surface area contributed by atoms with Crippen LogP contribution in [0.2, 0.25) is 0 Å². The fraction of sp³-hybridized carbons (Fsp3) is 0.500. The van der Waals surface area contributed by atoms with Crippen molar-refractivity contribution in [3.63, 3.8) is 0 Å². The molecule has 0 aliphatic carbocycles. The van der Waals surface area contributed by atoms with Crippen molar-refractivity contribution in [3.8, 4) is 0 Å². The van der Waals surface area contributed by atoms with E-state index in [1.807, 2.05) is 0 Å². The second-order valence-electron chi connectivity index (χ2n) is 4.46. The van der Waals surface area contributed by atoms with Crippen molar-refractivity contribution in [1.29, 1.82) is 0 Å². The summed E-state index contributed by atoms with van der Waals surface area (Å²) in [5.74, 6) is 0. The highest BCUT2D eigenvalue weighted by Crippen LogP contribution is 2.12. The molecule has 0 amide bonds. The molecule has 0 radical (unpaired) electrons. The average molecular weight is 191 g/mol. The minimum atomic E-state index is 1.16. The first-order chi connectivity index (χ1) is 6.79. The molecule has 1 N–H and O–H groups in total. The molecule has 0 bridgehead atoms. The highest BCUT2D eigenvalue weighted by Gasteiger charge is 2.24. The standard InChI is InChI=1S/C12H19N2/c1-14(9-7-13-8-10-14)11-12-5-3-2-4-6-12/h2-6,13H,7-11H2,1H3/q+1. The van der Waals surface area contributed by atoms with Gasteiger partial charge in [-0.3, -0.25) is 0 Å². The zero-order chi connectivity index (χ0) is 9.86. The van der Waals surface area contributed by atoms with Gasteiger partial charge in [0.2, 0.25) is 0 Å². The molecule has 1 aliphatic heterocycles. The number of hydrogen-bond donors (Lipinski definition) is 1. The highest BCUT2D eigenvalue weighted by atomic mass is 15.4. The van der Waals surface area contributed by atoms with Crippen molar-refractivity contribution in [2.24, 2.45) is 0 Å². The third kappa shape index (κ3) is 2.34. The van der Waals surface area contributed by atoms with E-state index in [1.165, 1.54) is 29.7 Å². The maximum atomic E-state index is 3.41. The Morgan fingerprint density at radius 3 is 2.43 bits per heavy atom. The molecule has 2 nitrogen and oxygen atoms in total. The molecule has 0 atom stereocenters. The average Bonchev–Trinajstić information content (AvgIpc) is 2.19. The monoisotopic (exact) mass is 191 g/mol. The van der Waals surface area contributed by atoms with Gasteiger partial charge in [-0.25, -0.2) is 0 Å². The molecule has 1 fully saturated rings. The van der Waals surface area contributed by atoms with Gasteiger partial charge in [-0.2, -0.15) is 0 Å². The normalized spacial score (nSPS) is 20.6. The minimum Gasteiger partial charge on any atom is -0.320 e. The molecule has 14 heavy (non-hydrogen) atoms. The van der Waals surface area contributed by atoms with Gasteiger partial charge in [-0.15, -0.1) is 0 Å². The Kier molecular flexibility index (Phi) is 2.85. The van der Waals surface area contributed by atoms with Gasteiger partial charge >= 0.3 is 0 Å². The van der Waals surface area contributed by atoms with Gasteiger partial charge in [0, 0.05) is 18.7 Å². The number of quaternary nitrogens is 1. The lowest BCUT2D eigenvalue weighted by molar-refractivity contribution is -0.924. The zero-order valence-electron chi connectivity index (χ0n) is 8.87. The molecule has 0 unspecified atom stereocenters. The lowest BCUT2D eigenvalue weighted by Crippen LogP contribution is -2.55. The topological polar surface area (TPSA) is 12.0 Å². The van der Waals surface area contributed by atoms with E-state index in [0.717, 1.165) is 13.1 Å². The predicted octanol–water partition coefficient (Wildman–Crippen LogP) is 1.24. The molecule has 0 spiro atoms. The zero-order valence-corrected chi connectivity index (χ0v) is 8.87. The Balaban J connectivity index is 2.02. The summed E-state index contributed by atoms with van der Waals surface area (Å²) >= 11 is 0. The first-order valence-corrected chi connectivity index (χ1v) is 5.37. The summed E-state index contributed by atoms with van der Waals surface area (Å²) in [5.41, 5.74) is 1.46. The van der Waals surface area contributed by atoms with Gasteiger partial charge in [0.1, 0.15) is 6.54 Å². The van der Waals surface area contributed by atoms with Crippen molar-refractivity contribution in [2.75, 3.05) is 33.2 Å². The number of hydrogen-bond acceptors (Lipinski definition) is 1. The van der Waals surface area contributed by atoms with Crippen molar-refractivity contribution >= 4 is 0 Å². The molecule has 1 saturated heterocycles. The molecule has 76 valence electrons. The summed E-state index contributed by atoms with van der Waals surface area (Å²) in [7, 11) is 2.36. The van der Waals surface area contributed by atoms with E-state index in [-0.39, 0.29) is 0 Å². The van der Waals surface area contributed by atoms with Gasteiger partial charge < -0.3 is 9.80 Å². The van der Waals surface area contributed by atoms with Gasteiger partial charge in [0.25, 0.3) is 0 Å². The van der Waals surface area contributed by atoms with Crippen LogP contribution < -0.4 is 5.32 Å². The minimum absolute atomic E-state index is 1.16. The number of rotatable bonds is 2. The fourth-order valence-corrected chi connectivity index (χ4v) is 2.12. The van der Waals surface area contributed by atoms with E-state index in [9.17, 15) is 0 Å². The van der Waals surface area contributed by atoms with Crippen molar-refractivity contribution in [2.45, 2.75) is 6.54 Å². The summed E-state index contributed by atoms with van der Waals surface area (Å²) in [6.07, 6.45) is 0. The van der Waals surface area contributed by atoms with Crippen LogP contribution in [0.3, 0.4) is 0 Å². The second-order valence-corrected chi connectivity index (χ2v) is 4.46. The lowest BCUT2D eigenvalue weighted by Gasteiger charge is -2.38. The van der Waals surface area contributed by atoms with Crippen molar-refractivity contribution in [3.05, 3.63) is 35.9 Å². The first-order valence-electron chi connectivity index (χ1n) is 5.37. The first kappa shape index (κ1) is 9.69. The van der Waals surface area contributed by atoms with Crippen LogP contribution in [0, 0.1) is 0 Å². The lowest BCUT2D eigenvalue weighted by atomic mass is 10.1. The van der Waals surface area contributed by atoms with Crippen LogP contribution in [0.4, 0.5) is 0 Å². The SMILES string of the molecule is C[N+]1(Cc2ccccc2)CCNCC1. The molecule has 2 heteroatoms. The van der Waals surface area contributed by atoms with E-state index in [2.05, 4.69) is 42.7 Å². The largest absolute Gasteiger partial charge is 0.320 e. The smallest absolute Gasteiger partial charge is 0.104 e. The van der Waals surface area contributed by atoms with Crippen LogP contribution in [0.25, 0.3) is 0 Å². The molecule has 2 rings (SSSR count). The van der Waals surface area contributed by atoms with Crippen LogP contribution >= 0.6 is 0 Å². The maximum absolute atomic E-state index is 3.41. The number of benzene rings is 1. The second kappa shape index (κ2) is 4.11. The van der Waals surface area contributed by atoms with Crippen molar-refractivity contribution < 1.29 is 4.48 Å². The Morgan fingerprint density at radius 2 is 1.79 bits per heavy atom. The third-order valence-electron chi connectivity index (χ3n) is 3.06. The molecular weight excluding hydrogens is 172 g/mol. The van der Waals surface area contributed by atoms with E-state index in [4.69, 9.17) is 0 Å². The molecule has 1 aliphatic rings. The van der Waals surface area contributed by atoms with Gasteiger partial charge in [0.05, 0.1) is 20.1 Å². The summed E-state index contributed by atoms with van der Waals surface area (Å²) < 4.78 is 1.18. The number of likely N-dealkylation sites (N-methyl/N-ethyl adjacent to an activating group) is 1. The van der Waals surface area contributed by atoms with Gasteiger partial charge in [0.15, 0.2) is 0 Å². The van der Waals surface area contributed by atoms with Gasteiger partial charge in [-0.1, -0.05) is 30.3 Å². The third-order valence-corrected chi connectivity index (χ3v) is 3.06. The van der Waals surface area contributed by atoms with Gasteiger partial charge in [-0.05, 0) is 0 Å². The van der Waals surface area contributed by atoms with Crippen LogP contribution in [0.15, 0.2) is 30.3 Å². The van der Waals surface area contributed by atoms with Crippen LogP contribution in [0.1, 0.15) is 5.56 Å². The van der Waals surface area contributed by atoms with Crippen LogP contribution in [0.5, 0.6) is 0 Å². The predicted molar refractivity (Wildman–Crippen MR) is 58.9 cm³/mol. The quantitative estimate of drug-likeness (QED) is 0.693. The maximum Gasteiger partial charge on any atom is 0.104 e. The molecule has 1 aromatic rings. The Bertz CT molecular complexity index is 276. The van der Waals surface area contributed by atoms with Crippen LogP contribution in [-0.4, -0.2) is 37.7 Å². The highest BCUT2D eigenvalue weighted by molar-refractivity contribution is 5.13. The molecule has 0 aromatic heterocycles. The molecular formula is C12H19N2+. The number of nitrogens with zero attached hydrogens (tertiary/aromatic N) is 1. The van der Waals surface area contributed by atoms with Crippen molar-refractivity contribution in [1.82, 2.24) is 5.32 Å². The van der Waals surface area contributed by atoms with Crippen LogP contribution in [-0.2, 0) is 6.54 Å². The number of nitrogens with one attached hydrogen (secondary N) is 1. The summed E-state index contributed by atoms with van der Waals surface area (Å²) in [6.45, 7) is 5.97. The summed E-state index contributed by atoms with van der Waals surface area (Å²) in [4.78, 5) is 0. The van der Waals surface area contributed by atoms with E-state index in [1.54, 1.807) is 0 Å². The van der Waals surface area contributed by atoms with E-state index in [0.29, 0.717) is 0 Å².